The third kappa shape index (κ3) is 4.73. The van der Waals surface area contributed by atoms with Gasteiger partial charge < -0.3 is 15.5 Å². The van der Waals surface area contributed by atoms with Crippen molar-refractivity contribution in [3.8, 4) is 0 Å². The van der Waals surface area contributed by atoms with E-state index in [1.165, 1.54) is 23.9 Å². The van der Waals surface area contributed by atoms with E-state index >= 15 is 0 Å². The van der Waals surface area contributed by atoms with Gasteiger partial charge in [0.15, 0.2) is 0 Å². The van der Waals surface area contributed by atoms with Crippen LogP contribution >= 0.6 is 11.8 Å². The maximum Gasteiger partial charge on any atom is 0.269 e. The Morgan fingerprint density at radius 1 is 1.09 bits per heavy atom. The van der Waals surface area contributed by atoms with E-state index in [2.05, 4.69) is 5.32 Å². The molecule has 0 aliphatic heterocycles. The number of nitrogens with zero attached hydrogens (tertiary/aromatic N) is 1. The van der Waals surface area contributed by atoms with Gasteiger partial charge in [-0.2, -0.15) is 0 Å². The van der Waals surface area contributed by atoms with Gasteiger partial charge in [0.2, 0.25) is 0 Å². The van der Waals surface area contributed by atoms with Gasteiger partial charge in [-0.25, -0.2) is 0 Å². The van der Waals surface area contributed by atoms with Gasteiger partial charge in [-0.15, -0.1) is 0 Å². The highest BCUT2D eigenvalue weighted by molar-refractivity contribution is 7.99. The minimum absolute atomic E-state index is 0.0753. The molecule has 6 nitrogen and oxygen atoms in total. The first-order chi connectivity index (χ1) is 10.6. The van der Waals surface area contributed by atoms with Crippen LogP contribution < -0.4 is 5.32 Å². The minimum atomic E-state index is -0.783. The number of benzene rings is 2. The summed E-state index contributed by atoms with van der Waals surface area (Å²) in [6.45, 7) is 0.00637. The molecule has 0 bridgehead atoms. The Morgan fingerprint density at radius 3 is 2.14 bits per heavy atom. The SMILES string of the molecule is O=[N+]([O-])c1ccc(Sc2ccc(NCC(O)CO)cc2)cc1. The monoisotopic (exact) mass is 320 g/mol. The molecule has 0 saturated carbocycles. The van der Waals surface area contributed by atoms with Crippen LogP contribution in [0.25, 0.3) is 0 Å². The van der Waals surface area contributed by atoms with Gasteiger partial charge >= 0.3 is 0 Å². The first-order valence-corrected chi connectivity index (χ1v) is 7.45. The van der Waals surface area contributed by atoms with Crippen LogP contribution in [0.2, 0.25) is 0 Å². The lowest BCUT2D eigenvalue weighted by molar-refractivity contribution is -0.384. The molecule has 2 aromatic carbocycles. The van der Waals surface area contributed by atoms with Crippen molar-refractivity contribution in [3.05, 3.63) is 58.6 Å². The Labute approximate surface area is 131 Å². The van der Waals surface area contributed by atoms with Crippen molar-refractivity contribution in [1.82, 2.24) is 0 Å². The molecule has 1 atom stereocenters. The Balaban J connectivity index is 1.94. The number of aliphatic hydroxyl groups excluding tert-OH is 2. The van der Waals surface area contributed by atoms with Crippen LogP contribution in [-0.4, -0.2) is 34.4 Å². The number of aliphatic hydroxyl groups is 2. The molecule has 0 aliphatic rings. The molecule has 2 aromatic rings. The van der Waals surface area contributed by atoms with E-state index in [0.29, 0.717) is 0 Å². The molecule has 0 radical (unpaired) electrons. The Hall–Kier alpha value is -2.09. The fraction of sp³-hybridized carbons (Fsp3) is 0.200. The van der Waals surface area contributed by atoms with Gasteiger partial charge in [0.25, 0.3) is 5.69 Å². The highest BCUT2D eigenvalue weighted by Crippen LogP contribution is 2.29. The van der Waals surface area contributed by atoms with Crippen molar-refractivity contribution in [1.29, 1.82) is 0 Å². The molecule has 7 heteroatoms. The Bertz CT molecular complexity index is 616. The third-order valence-electron chi connectivity index (χ3n) is 2.89. The van der Waals surface area contributed by atoms with Gasteiger partial charge in [-0.05, 0) is 36.4 Å². The van der Waals surface area contributed by atoms with E-state index < -0.39 is 11.0 Å². The summed E-state index contributed by atoms with van der Waals surface area (Å²) in [5.74, 6) is 0. The second-order valence-electron chi connectivity index (χ2n) is 4.59. The average Bonchev–Trinajstić information content (AvgIpc) is 2.54. The number of hydrogen-bond donors (Lipinski definition) is 3. The molecule has 0 amide bonds. The molecular formula is C15H16N2O4S. The summed E-state index contributed by atoms with van der Waals surface area (Å²) in [5.41, 5.74) is 0.923. The molecule has 116 valence electrons. The standard InChI is InChI=1S/C15H16N2O4S/c18-10-13(19)9-16-11-1-5-14(6-2-11)22-15-7-3-12(4-8-15)17(20)21/h1-8,13,16,18-19H,9-10H2. The number of hydrogen-bond acceptors (Lipinski definition) is 6. The zero-order valence-electron chi connectivity index (χ0n) is 11.7. The smallest absolute Gasteiger partial charge is 0.269 e. The molecule has 0 heterocycles. The van der Waals surface area contributed by atoms with Gasteiger partial charge in [-0.3, -0.25) is 10.1 Å². The first-order valence-electron chi connectivity index (χ1n) is 6.63. The zero-order valence-corrected chi connectivity index (χ0v) is 12.5. The predicted molar refractivity (Wildman–Crippen MR) is 85.2 cm³/mol. The average molecular weight is 320 g/mol. The number of nitro groups is 1. The molecular weight excluding hydrogens is 304 g/mol. The second kappa shape index (κ2) is 7.79. The fourth-order valence-electron chi connectivity index (χ4n) is 1.71. The van der Waals surface area contributed by atoms with Crippen molar-refractivity contribution in [2.45, 2.75) is 15.9 Å². The van der Waals surface area contributed by atoms with Crippen LogP contribution in [0, 0.1) is 10.1 Å². The summed E-state index contributed by atoms with van der Waals surface area (Å²) in [6, 6.07) is 14.0. The van der Waals surface area contributed by atoms with Crippen LogP contribution in [0.4, 0.5) is 11.4 Å². The normalized spacial score (nSPS) is 11.9. The summed E-state index contributed by atoms with van der Waals surface area (Å²) in [4.78, 5) is 12.1. The van der Waals surface area contributed by atoms with Gasteiger partial charge in [-0.1, -0.05) is 11.8 Å². The molecule has 0 spiro atoms. The molecule has 2 rings (SSSR count). The highest BCUT2D eigenvalue weighted by Gasteiger charge is 2.05. The van der Waals surface area contributed by atoms with Crippen molar-refractivity contribution < 1.29 is 15.1 Å². The number of non-ortho nitro benzene ring substituents is 1. The van der Waals surface area contributed by atoms with Crippen LogP contribution in [0.5, 0.6) is 0 Å². The second-order valence-corrected chi connectivity index (χ2v) is 5.74. The quantitative estimate of drug-likeness (QED) is 0.536. The Kier molecular flexibility index (Phi) is 5.76. The van der Waals surface area contributed by atoms with E-state index in [0.717, 1.165) is 15.5 Å². The maximum absolute atomic E-state index is 10.6. The molecule has 0 aromatic heterocycles. The lowest BCUT2D eigenvalue weighted by atomic mass is 10.3. The minimum Gasteiger partial charge on any atom is -0.394 e. The van der Waals surface area contributed by atoms with Crippen molar-refractivity contribution >= 4 is 23.1 Å². The van der Waals surface area contributed by atoms with Crippen LogP contribution in [0.3, 0.4) is 0 Å². The van der Waals surface area contributed by atoms with Gasteiger partial charge in [0.05, 0.1) is 17.6 Å². The van der Waals surface area contributed by atoms with E-state index in [9.17, 15) is 15.2 Å². The summed E-state index contributed by atoms with van der Waals surface area (Å²) in [7, 11) is 0. The number of anilines is 1. The molecule has 22 heavy (non-hydrogen) atoms. The summed E-state index contributed by atoms with van der Waals surface area (Å²) >= 11 is 1.51. The Morgan fingerprint density at radius 2 is 1.64 bits per heavy atom. The van der Waals surface area contributed by atoms with Crippen LogP contribution in [0.15, 0.2) is 58.3 Å². The van der Waals surface area contributed by atoms with E-state index in [1.807, 2.05) is 24.3 Å². The number of nitro benzene ring substituents is 1. The first kappa shape index (κ1) is 16.3. The molecule has 1 unspecified atom stereocenters. The summed E-state index contributed by atoms with van der Waals surface area (Å²) in [6.07, 6.45) is -0.783. The fourth-order valence-corrected chi connectivity index (χ4v) is 2.53. The zero-order chi connectivity index (χ0) is 15.9. The van der Waals surface area contributed by atoms with Crippen LogP contribution in [-0.2, 0) is 0 Å². The predicted octanol–water partition coefficient (Wildman–Crippen LogP) is 2.51. The number of nitrogens with one attached hydrogen (secondary N) is 1. The van der Waals surface area contributed by atoms with Crippen molar-refractivity contribution in [2.75, 3.05) is 18.5 Å². The molecule has 0 saturated heterocycles. The van der Waals surface area contributed by atoms with E-state index in [1.54, 1.807) is 12.1 Å². The lowest BCUT2D eigenvalue weighted by Crippen LogP contribution is -2.22. The largest absolute Gasteiger partial charge is 0.394 e. The topological polar surface area (TPSA) is 95.6 Å². The molecule has 0 fully saturated rings. The van der Waals surface area contributed by atoms with Crippen molar-refractivity contribution in [2.24, 2.45) is 0 Å². The van der Waals surface area contributed by atoms with E-state index in [-0.39, 0.29) is 18.8 Å². The van der Waals surface area contributed by atoms with Crippen molar-refractivity contribution in [3.63, 3.8) is 0 Å². The maximum atomic E-state index is 10.6. The number of rotatable bonds is 7. The molecule has 3 N–H and O–H groups in total. The van der Waals surface area contributed by atoms with Gasteiger partial charge in [0.1, 0.15) is 0 Å². The molecule has 0 aliphatic carbocycles. The highest BCUT2D eigenvalue weighted by atomic mass is 32.2. The summed E-state index contributed by atoms with van der Waals surface area (Å²) in [5, 5.41) is 31.6. The summed E-state index contributed by atoms with van der Waals surface area (Å²) < 4.78 is 0. The van der Waals surface area contributed by atoms with Gasteiger partial charge in [0, 0.05) is 34.2 Å². The van der Waals surface area contributed by atoms with Crippen LogP contribution in [0.1, 0.15) is 0 Å². The van der Waals surface area contributed by atoms with E-state index in [4.69, 9.17) is 5.11 Å². The lowest BCUT2D eigenvalue weighted by Gasteiger charge is -2.10. The third-order valence-corrected chi connectivity index (χ3v) is 3.91.